The molecule has 2 rings (SSSR count). The zero-order chi connectivity index (χ0) is 15.8. The third kappa shape index (κ3) is 5.54. The van der Waals surface area contributed by atoms with Crippen LogP contribution in [0.5, 0.6) is 0 Å². The van der Waals surface area contributed by atoms with Crippen molar-refractivity contribution >= 4 is 34.9 Å². The van der Waals surface area contributed by atoms with Crippen LogP contribution in [0.1, 0.15) is 15.2 Å². The number of carbonyl (C=O) groups is 2. The van der Waals surface area contributed by atoms with Gasteiger partial charge in [0.1, 0.15) is 0 Å². The number of thioether (sulfide) groups is 1. The van der Waals surface area contributed by atoms with Crippen LogP contribution < -0.4 is 10.6 Å². The first kappa shape index (κ1) is 16.6. The summed E-state index contributed by atoms with van der Waals surface area (Å²) < 4.78 is 0. The molecule has 0 saturated carbocycles. The van der Waals surface area contributed by atoms with E-state index in [4.69, 9.17) is 0 Å². The predicted octanol–water partition coefficient (Wildman–Crippen LogP) is 2.69. The first-order chi connectivity index (χ1) is 10.6. The monoisotopic (exact) mass is 334 g/mol. The van der Waals surface area contributed by atoms with Gasteiger partial charge in [0.25, 0.3) is 5.91 Å². The van der Waals surface area contributed by atoms with Crippen LogP contribution in [0.15, 0.2) is 46.7 Å². The average molecular weight is 334 g/mol. The second kappa shape index (κ2) is 8.60. The predicted molar refractivity (Wildman–Crippen MR) is 91.6 cm³/mol. The number of hydrogen-bond acceptors (Lipinski definition) is 4. The Morgan fingerprint density at radius 3 is 2.59 bits per heavy atom. The van der Waals surface area contributed by atoms with Crippen molar-refractivity contribution in [3.05, 3.63) is 52.2 Å². The van der Waals surface area contributed by atoms with E-state index >= 15 is 0 Å². The van der Waals surface area contributed by atoms with E-state index in [-0.39, 0.29) is 18.4 Å². The van der Waals surface area contributed by atoms with Gasteiger partial charge in [-0.15, -0.1) is 23.1 Å². The molecule has 0 aliphatic rings. The molecule has 1 heterocycles. The lowest BCUT2D eigenvalue weighted by Gasteiger charge is -2.06. The molecule has 1 aromatic carbocycles. The van der Waals surface area contributed by atoms with Gasteiger partial charge in [0.2, 0.25) is 5.91 Å². The SMILES string of the molecule is Cc1ccc(SCCNC(=O)CNC(=O)c2cccs2)cc1. The van der Waals surface area contributed by atoms with Crippen molar-refractivity contribution in [1.29, 1.82) is 0 Å². The topological polar surface area (TPSA) is 58.2 Å². The zero-order valence-electron chi connectivity index (χ0n) is 12.3. The van der Waals surface area contributed by atoms with E-state index in [1.165, 1.54) is 21.8 Å². The molecule has 2 aromatic rings. The van der Waals surface area contributed by atoms with Crippen LogP contribution in [-0.4, -0.2) is 30.7 Å². The maximum atomic E-state index is 11.7. The molecule has 0 spiro atoms. The Bertz CT molecular complexity index is 610. The van der Waals surface area contributed by atoms with Crippen molar-refractivity contribution in [2.24, 2.45) is 0 Å². The molecule has 0 aliphatic carbocycles. The lowest BCUT2D eigenvalue weighted by atomic mass is 10.2. The Balaban J connectivity index is 1.59. The molecule has 0 saturated heterocycles. The summed E-state index contributed by atoms with van der Waals surface area (Å²) in [6.45, 7) is 2.64. The van der Waals surface area contributed by atoms with Crippen molar-refractivity contribution in [2.75, 3.05) is 18.8 Å². The highest BCUT2D eigenvalue weighted by Crippen LogP contribution is 2.17. The molecule has 4 nitrogen and oxygen atoms in total. The summed E-state index contributed by atoms with van der Waals surface area (Å²) in [7, 11) is 0. The second-order valence-corrected chi connectivity index (χ2v) is 6.79. The number of benzene rings is 1. The van der Waals surface area contributed by atoms with Crippen molar-refractivity contribution in [2.45, 2.75) is 11.8 Å². The summed E-state index contributed by atoms with van der Waals surface area (Å²) >= 11 is 3.05. The number of aryl methyl sites for hydroxylation is 1. The number of carbonyl (C=O) groups excluding carboxylic acids is 2. The fourth-order valence-electron chi connectivity index (χ4n) is 1.71. The molecule has 2 amide bonds. The molecule has 0 atom stereocenters. The maximum absolute atomic E-state index is 11.7. The summed E-state index contributed by atoms with van der Waals surface area (Å²) in [6.07, 6.45) is 0. The van der Waals surface area contributed by atoms with Crippen molar-refractivity contribution in [3.8, 4) is 0 Å². The third-order valence-electron chi connectivity index (χ3n) is 2.87. The molecule has 22 heavy (non-hydrogen) atoms. The zero-order valence-corrected chi connectivity index (χ0v) is 13.9. The van der Waals surface area contributed by atoms with Gasteiger partial charge in [0, 0.05) is 17.2 Å². The Morgan fingerprint density at radius 1 is 1.14 bits per heavy atom. The number of amides is 2. The van der Waals surface area contributed by atoms with Crippen LogP contribution in [0, 0.1) is 6.92 Å². The van der Waals surface area contributed by atoms with Gasteiger partial charge >= 0.3 is 0 Å². The lowest BCUT2D eigenvalue weighted by molar-refractivity contribution is -0.120. The molecule has 0 fully saturated rings. The fourth-order valence-corrected chi connectivity index (χ4v) is 3.12. The summed E-state index contributed by atoms with van der Waals surface area (Å²) in [5.41, 5.74) is 1.24. The molecular formula is C16H18N2O2S2. The summed E-state index contributed by atoms with van der Waals surface area (Å²) in [4.78, 5) is 25.1. The second-order valence-electron chi connectivity index (χ2n) is 4.67. The van der Waals surface area contributed by atoms with Gasteiger partial charge in [-0.3, -0.25) is 9.59 Å². The van der Waals surface area contributed by atoms with E-state index in [2.05, 4.69) is 41.8 Å². The molecule has 0 unspecified atom stereocenters. The van der Waals surface area contributed by atoms with Crippen LogP contribution in [0.3, 0.4) is 0 Å². The van der Waals surface area contributed by atoms with Crippen LogP contribution in [0.2, 0.25) is 0 Å². The largest absolute Gasteiger partial charge is 0.354 e. The normalized spacial score (nSPS) is 10.2. The van der Waals surface area contributed by atoms with E-state index in [1.54, 1.807) is 17.8 Å². The molecule has 0 aliphatic heterocycles. The maximum Gasteiger partial charge on any atom is 0.261 e. The van der Waals surface area contributed by atoms with Gasteiger partial charge in [0.15, 0.2) is 0 Å². The van der Waals surface area contributed by atoms with Crippen LogP contribution >= 0.6 is 23.1 Å². The first-order valence-corrected chi connectivity index (χ1v) is 8.79. The highest BCUT2D eigenvalue weighted by molar-refractivity contribution is 7.99. The Kier molecular flexibility index (Phi) is 6.48. The average Bonchev–Trinajstić information content (AvgIpc) is 3.05. The lowest BCUT2D eigenvalue weighted by Crippen LogP contribution is -2.37. The fraction of sp³-hybridized carbons (Fsp3) is 0.250. The van der Waals surface area contributed by atoms with Gasteiger partial charge in [-0.25, -0.2) is 0 Å². The highest BCUT2D eigenvalue weighted by atomic mass is 32.2. The van der Waals surface area contributed by atoms with Gasteiger partial charge in [-0.1, -0.05) is 23.8 Å². The Labute approximate surface area is 138 Å². The number of rotatable bonds is 7. The van der Waals surface area contributed by atoms with E-state index in [1.807, 2.05) is 11.4 Å². The van der Waals surface area contributed by atoms with Crippen LogP contribution in [-0.2, 0) is 4.79 Å². The van der Waals surface area contributed by atoms with E-state index < -0.39 is 0 Å². The minimum absolute atomic E-state index is 0.00588. The van der Waals surface area contributed by atoms with Crippen molar-refractivity contribution < 1.29 is 9.59 Å². The van der Waals surface area contributed by atoms with E-state index in [9.17, 15) is 9.59 Å². The number of nitrogens with one attached hydrogen (secondary N) is 2. The summed E-state index contributed by atoms with van der Waals surface area (Å²) in [6, 6.07) is 11.8. The minimum atomic E-state index is -0.209. The Morgan fingerprint density at radius 2 is 1.91 bits per heavy atom. The van der Waals surface area contributed by atoms with Gasteiger partial charge in [-0.05, 0) is 30.5 Å². The highest BCUT2D eigenvalue weighted by Gasteiger charge is 2.08. The molecule has 116 valence electrons. The minimum Gasteiger partial charge on any atom is -0.354 e. The Hall–Kier alpha value is -1.79. The molecule has 0 bridgehead atoms. The van der Waals surface area contributed by atoms with E-state index in [0.29, 0.717) is 11.4 Å². The van der Waals surface area contributed by atoms with Gasteiger partial charge in [0.05, 0.1) is 11.4 Å². The molecule has 0 radical (unpaired) electrons. The number of thiophene rings is 1. The van der Waals surface area contributed by atoms with Crippen molar-refractivity contribution in [1.82, 2.24) is 10.6 Å². The molecule has 2 N–H and O–H groups in total. The van der Waals surface area contributed by atoms with Gasteiger partial charge in [-0.2, -0.15) is 0 Å². The quantitative estimate of drug-likeness (QED) is 0.605. The van der Waals surface area contributed by atoms with Crippen LogP contribution in [0.25, 0.3) is 0 Å². The molecular weight excluding hydrogens is 316 g/mol. The number of hydrogen-bond donors (Lipinski definition) is 2. The molecule has 6 heteroatoms. The first-order valence-electron chi connectivity index (χ1n) is 6.93. The standard InChI is InChI=1S/C16H18N2O2S2/c1-12-4-6-13(7-5-12)21-10-8-17-15(19)11-18-16(20)14-3-2-9-22-14/h2-7,9H,8,10-11H2,1H3,(H,17,19)(H,18,20). The van der Waals surface area contributed by atoms with E-state index in [0.717, 1.165) is 5.75 Å². The van der Waals surface area contributed by atoms with Gasteiger partial charge < -0.3 is 10.6 Å². The third-order valence-corrected chi connectivity index (χ3v) is 4.75. The summed E-state index contributed by atoms with van der Waals surface area (Å²) in [5.74, 6) is 0.418. The van der Waals surface area contributed by atoms with Crippen LogP contribution in [0.4, 0.5) is 0 Å². The molecule has 1 aromatic heterocycles. The smallest absolute Gasteiger partial charge is 0.261 e. The van der Waals surface area contributed by atoms with Crippen molar-refractivity contribution in [3.63, 3.8) is 0 Å². The summed E-state index contributed by atoms with van der Waals surface area (Å²) in [5, 5.41) is 7.23.